The summed E-state index contributed by atoms with van der Waals surface area (Å²) < 4.78 is 11.0. The third-order valence-electron chi connectivity index (χ3n) is 8.19. The summed E-state index contributed by atoms with van der Waals surface area (Å²) in [4.78, 5) is 27.6. The Morgan fingerprint density at radius 3 is 2.54 bits per heavy atom. The van der Waals surface area contributed by atoms with Gasteiger partial charge in [-0.1, -0.05) is 6.07 Å². The summed E-state index contributed by atoms with van der Waals surface area (Å²) in [6.45, 7) is 6.84. The molecule has 1 spiro atoms. The maximum absolute atomic E-state index is 13.5. The number of piperidine rings is 1. The Kier molecular flexibility index (Phi) is 6.42. The second kappa shape index (κ2) is 9.74. The van der Waals surface area contributed by atoms with Gasteiger partial charge < -0.3 is 35.0 Å². The molecule has 0 radical (unpaired) electrons. The van der Waals surface area contributed by atoms with Crippen molar-refractivity contribution in [1.29, 1.82) is 0 Å². The van der Waals surface area contributed by atoms with E-state index >= 15 is 0 Å². The first kappa shape index (κ1) is 24.4. The number of rotatable bonds is 7. The lowest BCUT2D eigenvalue weighted by molar-refractivity contribution is -0.0651. The van der Waals surface area contributed by atoms with Crippen LogP contribution in [0.4, 0.5) is 23.3 Å². The van der Waals surface area contributed by atoms with E-state index in [1.54, 1.807) is 6.07 Å². The smallest absolute Gasteiger partial charge is 0.260 e. The van der Waals surface area contributed by atoms with Crippen molar-refractivity contribution in [1.82, 2.24) is 9.97 Å². The highest BCUT2D eigenvalue weighted by Gasteiger charge is 2.45. The van der Waals surface area contributed by atoms with E-state index in [1.165, 1.54) is 12.8 Å². The van der Waals surface area contributed by atoms with Crippen LogP contribution in [0, 0.1) is 5.41 Å². The third kappa shape index (κ3) is 5.10. The Hall–Kier alpha value is -2.95. The highest BCUT2D eigenvalue weighted by Crippen LogP contribution is 2.54. The summed E-state index contributed by atoms with van der Waals surface area (Å²) in [5.41, 5.74) is 0.516. The molecule has 2 aromatic heterocycles. The van der Waals surface area contributed by atoms with Crippen LogP contribution in [-0.4, -0.2) is 85.2 Å². The van der Waals surface area contributed by atoms with Crippen LogP contribution in [0.15, 0.2) is 30.3 Å². The third-order valence-corrected chi connectivity index (χ3v) is 8.19. The van der Waals surface area contributed by atoms with Gasteiger partial charge in [-0.05, 0) is 62.3 Å². The van der Waals surface area contributed by atoms with E-state index in [2.05, 4.69) is 27.4 Å². The van der Waals surface area contributed by atoms with Crippen LogP contribution in [0.3, 0.4) is 0 Å². The molecular formula is C27H36N6O4. The number of nitrogens with zero attached hydrogens (tertiary/aromatic N) is 4. The standard InChI is InChI=1S/C27H36N6O4/c1-19-15-33(13-14-37-19)23-4-2-3-21(28-23)30-25(35)20-5-6-22(31-27(16-34)17-36-18-27)29-24(20)32-11-9-26(7-8-26)10-12-32/h2-6,19,34H,7-18H2,1H3,(H,29,31)(H,28,30,35)/t19-/m1/s1. The zero-order valence-corrected chi connectivity index (χ0v) is 21.4. The molecule has 0 unspecified atom stereocenters. The van der Waals surface area contributed by atoms with Crippen LogP contribution in [0.1, 0.15) is 43.0 Å². The molecule has 3 N–H and O–H groups in total. The van der Waals surface area contributed by atoms with E-state index in [-0.39, 0.29) is 18.6 Å². The molecule has 10 heteroatoms. The second-order valence-electron chi connectivity index (χ2n) is 11.1. The highest BCUT2D eigenvalue weighted by molar-refractivity contribution is 6.07. The van der Waals surface area contributed by atoms with Gasteiger partial charge in [0.2, 0.25) is 0 Å². The van der Waals surface area contributed by atoms with Gasteiger partial charge in [-0.3, -0.25) is 4.79 Å². The number of amides is 1. The Morgan fingerprint density at radius 1 is 1.05 bits per heavy atom. The molecule has 2 aromatic rings. The van der Waals surface area contributed by atoms with Crippen LogP contribution < -0.4 is 20.4 Å². The van der Waals surface area contributed by atoms with Crippen molar-refractivity contribution in [3.8, 4) is 0 Å². The highest BCUT2D eigenvalue weighted by atomic mass is 16.5. The number of anilines is 4. The van der Waals surface area contributed by atoms with Crippen molar-refractivity contribution >= 4 is 29.2 Å². The lowest BCUT2D eigenvalue weighted by atomic mass is 9.93. The summed E-state index contributed by atoms with van der Waals surface area (Å²) in [6.07, 6.45) is 5.02. The van der Waals surface area contributed by atoms with Crippen LogP contribution >= 0.6 is 0 Å². The number of aromatic nitrogens is 2. The first-order chi connectivity index (χ1) is 18.0. The summed E-state index contributed by atoms with van der Waals surface area (Å²) >= 11 is 0. The van der Waals surface area contributed by atoms with Crippen LogP contribution in [-0.2, 0) is 9.47 Å². The second-order valence-corrected chi connectivity index (χ2v) is 11.1. The molecule has 3 saturated heterocycles. The molecule has 10 nitrogen and oxygen atoms in total. The minimum absolute atomic E-state index is 0.0393. The number of carbonyl (C=O) groups excluding carboxylic acids is 1. The van der Waals surface area contributed by atoms with Crippen molar-refractivity contribution < 1.29 is 19.4 Å². The SMILES string of the molecule is C[C@@H]1CN(c2cccc(NC(=O)c3ccc(NC4(CO)COC4)nc3N3CCC4(CC3)CC4)n2)CCO1. The minimum Gasteiger partial charge on any atom is -0.394 e. The number of pyridine rings is 2. The topological polar surface area (TPSA) is 112 Å². The predicted octanol–water partition coefficient (Wildman–Crippen LogP) is 2.51. The number of aliphatic hydroxyl groups excluding tert-OH is 1. The first-order valence-electron chi connectivity index (χ1n) is 13.3. The van der Waals surface area contributed by atoms with E-state index in [9.17, 15) is 9.90 Å². The largest absolute Gasteiger partial charge is 0.394 e. The molecule has 198 valence electrons. The fraction of sp³-hybridized carbons (Fsp3) is 0.593. The molecule has 1 atom stereocenters. The molecule has 6 rings (SSSR count). The Balaban J connectivity index is 1.23. The Labute approximate surface area is 217 Å². The van der Waals surface area contributed by atoms with Crippen LogP contribution in [0.5, 0.6) is 0 Å². The van der Waals surface area contributed by atoms with Crippen molar-refractivity contribution in [2.24, 2.45) is 5.41 Å². The maximum atomic E-state index is 13.5. The number of ether oxygens (including phenoxy) is 2. The van der Waals surface area contributed by atoms with E-state index in [1.807, 2.05) is 24.3 Å². The van der Waals surface area contributed by atoms with E-state index in [0.29, 0.717) is 48.3 Å². The van der Waals surface area contributed by atoms with Gasteiger partial charge in [-0.25, -0.2) is 9.97 Å². The first-order valence-corrected chi connectivity index (χ1v) is 13.3. The number of aliphatic hydroxyl groups is 1. The van der Waals surface area contributed by atoms with Gasteiger partial charge in [-0.15, -0.1) is 0 Å². The van der Waals surface area contributed by atoms with Crippen molar-refractivity contribution in [2.45, 2.75) is 44.2 Å². The minimum atomic E-state index is -0.518. The number of hydrogen-bond acceptors (Lipinski definition) is 9. The van der Waals surface area contributed by atoms with E-state index < -0.39 is 5.54 Å². The lowest BCUT2D eigenvalue weighted by Gasteiger charge is -2.41. The molecule has 0 aromatic carbocycles. The van der Waals surface area contributed by atoms with Gasteiger partial charge >= 0.3 is 0 Å². The number of morpholine rings is 1. The molecule has 1 amide bonds. The number of nitrogens with one attached hydrogen (secondary N) is 2. The average molecular weight is 509 g/mol. The van der Waals surface area contributed by atoms with Crippen molar-refractivity contribution in [2.75, 3.05) is 73.0 Å². The molecule has 4 fully saturated rings. The monoisotopic (exact) mass is 508 g/mol. The fourth-order valence-corrected chi connectivity index (χ4v) is 5.51. The molecule has 37 heavy (non-hydrogen) atoms. The van der Waals surface area contributed by atoms with Gasteiger partial charge in [0, 0.05) is 26.2 Å². The molecule has 1 saturated carbocycles. The molecular weight excluding hydrogens is 472 g/mol. The summed E-state index contributed by atoms with van der Waals surface area (Å²) in [6, 6.07) is 9.31. The summed E-state index contributed by atoms with van der Waals surface area (Å²) in [5, 5.41) is 16.2. The fourth-order valence-electron chi connectivity index (χ4n) is 5.51. The lowest BCUT2D eigenvalue weighted by Crippen LogP contribution is -2.58. The number of carbonyl (C=O) groups is 1. The van der Waals surface area contributed by atoms with Crippen LogP contribution in [0.25, 0.3) is 0 Å². The molecule has 4 aliphatic rings. The summed E-state index contributed by atoms with van der Waals surface area (Å²) in [5.74, 6) is 2.41. The molecule has 5 heterocycles. The van der Waals surface area contributed by atoms with Crippen molar-refractivity contribution in [3.05, 3.63) is 35.9 Å². The van der Waals surface area contributed by atoms with Gasteiger partial charge in [0.15, 0.2) is 0 Å². The summed E-state index contributed by atoms with van der Waals surface area (Å²) in [7, 11) is 0. The van der Waals surface area contributed by atoms with Gasteiger partial charge in [0.25, 0.3) is 5.91 Å². The predicted molar refractivity (Wildman–Crippen MR) is 141 cm³/mol. The van der Waals surface area contributed by atoms with E-state index in [0.717, 1.165) is 44.8 Å². The Bertz CT molecular complexity index is 1140. The van der Waals surface area contributed by atoms with Crippen LogP contribution in [0.2, 0.25) is 0 Å². The number of hydrogen-bond donors (Lipinski definition) is 3. The zero-order valence-electron chi connectivity index (χ0n) is 21.4. The molecule has 0 bridgehead atoms. The van der Waals surface area contributed by atoms with Crippen molar-refractivity contribution in [3.63, 3.8) is 0 Å². The maximum Gasteiger partial charge on any atom is 0.260 e. The zero-order chi connectivity index (χ0) is 25.5. The van der Waals surface area contributed by atoms with Gasteiger partial charge in [0.1, 0.15) is 28.8 Å². The van der Waals surface area contributed by atoms with Gasteiger partial charge in [0.05, 0.1) is 38.1 Å². The quantitative estimate of drug-likeness (QED) is 0.519. The normalized spacial score (nSPS) is 23.9. The van der Waals surface area contributed by atoms with E-state index in [4.69, 9.17) is 19.4 Å². The molecule has 3 aliphatic heterocycles. The molecule has 1 aliphatic carbocycles. The average Bonchev–Trinajstić information content (AvgIpc) is 3.65. The van der Waals surface area contributed by atoms with Gasteiger partial charge in [-0.2, -0.15) is 0 Å². The Morgan fingerprint density at radius 2 is 1.86 bits per heavy atom.